The van der Waals surface area contributed by atoms with Crippen molar-refractivity contribution in [1.29, 1.82) is 0 Å². The molecule has 126 valence electrons. The van der Waals surface area contributed by atoms with Crippen molar-refractivity contribution in [2.45, 2.75) is 19.8 Å². The van der Waals surface area contributed by atoms with Gasteiger partial charge >= 0.3 is 0 Å². The molecule has 0 fully saturated rings. The number of furan rings is 1. The minimum Gasteiger partial charge on any atom is -0.463 e. The molecule has 24 heavy (non-hydrogen) atoms. The van der Waals surface area contributed by atoms with Crippen molar-refractivity contribution in [2.75, 3.05) is 5.32 Å². The molecule has 2 amide bonds. The topological polar surface area (TPSA) is 83.7 Å². The van der Waals surface area contributed by atoms with Crippen LogP contribution in [-0.4, -0.2) is 17.5 Å². The van der Waals surface area contributed by atoms with E-state index in [0.717, 1.165) is 0 Å². The van der Waals surface area contributed by atoms with Crippen LogP contribution in [0.3, 0.4) is 0 Å². The summed E-state index contributed by atoms with van der Waals surface area (Å²) in [4.78, 5) is 23.6. The highest BCUT2D eigenvalue weighted by molar-refractivity contribution is 6.36. The first-order valence-electron chi connectivity index (χ1n) is 7.07. The third-order valence-corrected chi connectivity index (χ3v) is 3.56. The molecular weight excluding hydrogens is 353 g/mol. The lowest BCUT2D eigenvalue weighted by Gasteiger charge is -2.07. The second-order valence-electron chi connectivity index (χ2n) is 4.88. The van der Waals surface area contributed by atoms with Gasteiger partial charge in [0.15, 0.2) is 0 Å². The number of carbonyl (C=O) groups excluding carboxylic acids is 2. The molecular formula is C16H15Cl2N3O3. The summed E-state index contributed by atoms with van der Waals surface area (Å²) in [6, 6.07) is 8.19. The Balaban J connectivity index is 1.79. The Morgan fingerprint density at radius 1 is 1.17 bits per heavy atom. The van der Waals surface area contributed by atoms with Crippen LogP contribution >= 0.6 is 23.2 Å². The molecule has 0 bridgehead atoms. The lowest BCUT2D eigenvalue weighted by atomic mass is 10.2. The summed E-state index contributed by atoms with van der Waals surface area (Å²) in [5, 5.41) is 7.33. The van der Waals surface area contributed by atoms with E-state index in [1.54, 1.807) is 31.2 Å². The highest BCUT2D eigenvalue weighted by Gasteiger charge is 2.09. The fourth-order valence-corrected chi connectivity index (χ4v) is 2.23. The van der Waals surface area contributed by atoms with E-state index in [4.69, 9.17) is 27.6 Å². The standard InChI is InChI=1S/C16H15Cl2N3O3/c1-10(14-3-2-8-24-14)20-21-16(23)7-6-15(22)19-13-5-4-11(17)9-12(13)18/h2-5,8-9H,6-7H2,1H3,(H,19,22)(H,21,23)/b20-10+. The fourth-order valence-electron chi connectivity index (χ4n) is 1.77. The zero-order chi connectivity index (χ0) is 17.5. The van der Waals surface area contributed by atoms with Crippen LogP contribution in [0.4, 0.5) is 5.69 Å². The van der Waals surface area contributed by atoms with E-state index in [9.17, 15) is 9.59 Å². The monoisotopic (exact) mass is 367 g/mol. The number of halogens is 2. The summed E-state index contributed by atoms with van der Waals surface area (Å²) in [6.07, 6.45) is 1.51. The molecule has 0 radical (unpaired) electrons. The van der Waals surface area contributed by atoms with Crippen LogP contribution in [0.1, 0.15) is 25.5 Å². The van der Waals surface area contributed by atoms with Gasteiger partial charge < -0.3 is 9.73 Å². The zero-order valence-corrected chi connectivity index (χ0v) is 14.3. The molecule has 0 aliphatic rings. The van der Waals surface area contributed by atoms with Gasteiger partial charge in [-0.05, 0) is 37.3 Å². The molecule has 0 saturated heterocycles. The summed E-state index contributed by atoms with van der Waals surface area (Å²) in [5.74, 6) is -0.148. The van der Waals surface area contributed by atoms with Crippen molar-refractivity contribution < 1.29 is 14.0 Å². The van der Waals surface area contributed by atoms with E-state index < -0.39 is 0 Å². The number of nitrogens with zero attached hydrogens (tertiary/aromatic N) is 1. The largest absolute Gasteiger partial charge is 0.463 e. The predicted molar refractivity (Wildman–Crippen MR) is 93.4 cm³/mol. The van der Waals surface area contributed by atoms with Crippen molar-refractivity contribution >= 4 is 46.4 Å². The molecule has 2 N–H and O–H groups in total. The number of nitrogens with one attached hydrogen (secondary N) is 2. The van der Waals surface area contributed by atoms with Gasteiger partial charge in [0.1, 0.15) is 11.5 Å². The Labute approximate surface area is 148 Å². The van der Waals surface area contributed by atoms with E-state index in [1.165, 1.54) is 12.3 Å². The van der Waals surface area contributed by atoms with Crippen LogP contribution < -0.4 is 10.7 Å². The Morgan fingerprint density at radius 2 is 1.92 bits per heavy atom. The van der Waals surface area contributed by atoms with Crippen molar-refractivity contribution in [3.63, 3.8) is 0 Å². The molecule has 0 aliphatic heterocycles. The van der Waals surface area contributed by atoms with Gasteiger partial charge in [0.05, 0.1) is 17.0 Å². The predicted octanol–water partition coefficient (Wildman–Crippen LogP) is 3.85. The average molecular weight is 368 g/mol. The van der Waals surface area contributed by atoms with Crippen molar-refractivity contribution in [3.05, 3.63) is 52.4 Å². The first-order chi connectivity index (χ1) is 11.5. The van der Waals surface area contributed by atoms with Crippen molar-refractivity contribution in [1.82, 2.24) is 5.43 Å². The van der Waals surface area contributed by atoms with Crippen LogP contribution in [0.2, 0.25) is 10.0 Å². The number of hydrazone groups is 1. The molecule has 2 rings (SSSR count). The number of rotatable bonds is 6. The summed E-state index contributed by atoms with van der Waals surface area (Å²) < 4.78 is 5.14. The van der Waals surface area contributed by atoms with E-state index in [-0.39, 0.29) is 24.7 Å². The second kappa shape index (κ2) is 8.52. The van der Waals surface area contributed by atoms with Gasteiger partial charge in [0, 0.05) is 17.9 Å². The Morgan fingerprint density at radius 3 is 2.58 bits per heavy atom. The SMILES string of the molecule is C/C(=N\NC(=O)CCC(=O)Nc1ccc(Cl)cc1Cl)c1ccco1. The normalized spacial score (nSPS) is 11.2. The lowest BCUT2D eigenvalue weighted by molar-refractivity contribution is -0.124. The van der Waals surface area contributed by atoms with E-state index in [1.807, 2.05) is 0 Å². The van der Waals surface area contributed by atoms with Gasteiger partial charge in [0.2, 0.25) is 11.8 Å². The molecule has 0 atom stereocenters. The summed E-state index contributed by atoms with van der Waals surface area (Å²) in [5.41, 5.74) is 3.35. The van der Waals surface area contributed by atoms with Gasteiger partial charge in [-0.1, -0.05) is 23.2 Å². The molecule has 6 nitrogen and oxygen atoms in total. The molecule has 0 saturated carbocycles. The number of anilines is 1. The zero-order valence-electron chi connectivity index (χ0n) is 12.8. The van der Waals surface area contributed by atoms with Crippen LogP contribution in [0.15, 0.2) is 46.1 Å². The third kappa shape index (κ3) is 5.40. The maximum atomic E-state index is 11.8. The summed E-state index contributed by atoms with van der Waals surface area (Å²) in [7, 11) is 0. The van der Waals surface area contributed by atoms with Crippen LogP contribution in [0, 0.1) is 0 Å². The number of hydrogen-bond acceptors (Lipinski definition) is 4. The highest BCUT2D eigenvalue weighted by atomic mass is 35.5. The van der Waals surface area contributed by atoms with Crippen molar-refractivity contribution in [3.8, 4) is 0 Å². The average Bonchev–Trinajstić information content (AvgIpc) is 3.08. The quantitative estimate of drug-likeness (QED) is 0.600. The lowest BCUT2D eigenvalue weighted by Crippen LogP contribution is -2.21. The van der Waals surface area contributed by atoms with Gasteiger partial charge in [-0.15, -0.1) is 0 Å². The molecule has 0 unspecified atom stereocenters. The van der Waals surface area contributed by atoms with Crippen LogP contribution in [0.25, 0.3) is 0 Å². The maximum Gasteiger partial charge on any atom is 0.240 e. The first-order valence-corrected chi connectivity index (χ1v) is 7.83. The minimum absolute atomic E-state index is 0.000107. The Hall–Kier alpha value is -2.31. The third-order valence-electron chi connectivity index (χ3n) is 3.01. The summed E-state index contributed by atoms with van der Waals surface area (Å²) in [6.45, 7) is 1.70. The number of carbonyl (C=O) groups is 2. The first kappa shape index (κ1) is 18.0. The number of amides is 2. The van der Waals surface area contributed by atoms with E-state index >= 15 is 0 Å². The Kier molecular flexibility index (Phi) is 6.40. The Bertz CT molecular complexity index is 758. The van der Waals surface area contributed by atoms with E-state index in [0.29, 0.717) is 27.2 Å². The smallest absolute Gasteiger partial charge is 0.240 e. The number of hydrogen-bond donors (Lipinski definition) is 2. The van der Waals surface area contributed by atoms with Crippen molar-refractivity contribution in [2.24, 2.45) is 5.10 Å². The molecule has 0 aliphatic carbocycles. The van der Waals surface area contributed by atoms with Gasteiger partial charge in [-0.25, -0.2) is 5.43 Å². The molecule has 1 aromatic carbocycles. The number of benzene rings is 1. The van der Waals surface area contributed by atoms with Gasteiger partial charge in [-0.2, -0.15) is 5.10 Å². The molecule has 0 spiro atoms. The van der Waals surface area contributed by atoms with Crippen LogP contribution in [0.5, 0.6) is 0 Å². The van der Waals surface area contributed by atoms with Crippen LogP contribution in [-0.2, 0) is 9.59 Å². The van der Waals surface area contributed by atoms with Gasteiger partial charge in [-0.3, -0.25) is 9.59 Å². The second-order valence-corrected chi connectivity index (χ2v) is 5.73. The van der Waals surface area contributed by atoms with E-state index in [2.05, 4.69) is 15.8 Å². The molecule has 8 heteroatoms. The highest BCUT2D eigenvalue weighted by Crippen LogP contribution is 2.25. The summed E-state index contributed by atoms with van der Waals surface area (Å²) >= 11 is 11.7. The fraction of sp³-hybridized carbons (Fsp3) is 0.188. The molecule has 2 aromatic rings. The molecule has 1 heterocycles. The van der Waals surface area contributed by atoms with Gasteiger partial charge in [0.25, 0.3) is 0 Å². The molecule has 1 aromatic heterocycles. The minimum atomic E-state index is -0.377. The maximum absolute atomic E-state index is 11.8.